The Hall–Kier alpha value is -1.35. The maximum absolute atomic E-state index is 4.72. The fourth-order valence-electron chi connectivity index (χ4n) is 2.00. The van der Waals surface area contributed by atoms with Crippen LogP contribution in [0.1, 0.15) is 37.9 Å². The van der Waals surface area contributed by atoms with Gasteiger partial charge in [-0.15, -0.1) is 0 Å². The van der Waals surface area contributed by atoms with E-state index in [-0.39, 0.29) is 0 Å². The van der Waals surface area contributed by atoms with E-state index in [1.807, 2.05) is 0 Å². The van der Waals surface area contributed by atoms with E-state index in [9.17, 15) is 0 Å². The van der Waals surface area contributed by atoms with E-state index < -0.39 is 0 Å². The van der Waals surface area contributed by atoms with E-state index in [1.54, 1.807) is 0 Å². The zero-order valence-corrected chi connectivity index (χ0v) is 11.1. The summed E-state index contributed by atoms with van der Waals surface area (Å²) in [5.41, 5.74) is 3.67. The highest BCUT2D eigenvalue weighted by atomic mass is 15.0. The third-order valence-electron chi connectivity index (χ3n) is 2.94. The second-order valence-corrected chi connectivity index (χ2v) is 4.82. The minimum absolute atomic E-state index is 0.488. The van der Waals surface area contributed by atoms with Crippen LogP contribution in [0, 0.1) is 6.92 Å². The van der Waals surface area contributed by atoms with Crippen molar-refractivity contribution in [1.82, 2.24) is 14.7 Å². The van der Waals surface area contributed by atoms with Gasteiger partial charge in [0.05, 0.1) is 11.2 Å². The molecule has 3 nitrogen and oxygen atoms in total. The first-order valence-corrected chi connectivity index (χ1v) is 6.31. The van der Waals surface area contributed by atoms with Crippen LogP contribution in [0.2, 0.25) is 0 Å². The average Bonchev–Trinajstić information content (AvgIpc) is 2.63. The fraction of sp³-hybridized carbons (Fsp3) is 0.500. The number of rotatable bonds is 4. The van der Waals surface area contributed by atoms with Crippen molar-refractivity contribution >= 4 is 5.52 Å². The minimum atomic E-state index is 0.488. The molecule has 0 saturated heterocycles. The van der Waals surface area contributed by atoms with Crippen molar-refractivity contribution in [2.24, 2.45) is 0 Å². The highest BCUT2D eigenvalue weighted by molar-refractivity contribution is 5.55. The molecule has 0 unspecified atom stereocenters. The number of aryl methyl sites for hydroxylation is 2. The van der Waals surface area contributed by atoms with Crippen LogP contribution < -0.4 is 5.32 Å². The fourth-order valence-corrected chi connectivity index (χ4v) is 2.00. The topological polar surface area (TPSA) is 29.3 Å². The van der Waals surface area contributed by atoms with Crippen molar-refractivity contribution in [2.75, 3.05) is 0 Å². The Morgan fingerprint density at radius 2 is 2.18 bits per heavy atom. The van der Waals surface area contributed by atoms with E-state index in [4.69, 9.17) is 4.98 Å². The van der Waals surface area contributed by atoms with Crippen molar-refractivity contribution in [2.45, 2.75) is 46.7 Å². The normalized spacial score (nSPS) is 11.6. The number of fused-ring (bicyclic) bond motifs is 1. The molecule has 0 amide bonds. The quantitative estimate of drug-likeness (QED) is 0.876. The molecule has 0 radical (unpaired) electrons. The molecular formula is C14H21N3. The summed E-state index contributed by atoms with van der Waals surface area (Å²) in [6, 6.07) is 4.83. The Morgan fingerprint density at radius 1 is 1.41 bits per heavy atom. The largest absolute Gasteiger partial charge is 0.309 e. The summed E-state index contributed by atoms with van der Waals surface area (Å²) in [6.45, 7) is 9.42. The first-order chi connectivity index (χ1) is 8.11. The summed E-state index contributed by atoms with van der Waals surface area (Å²) in [5.74, 6) is 1.14. The van der Waals surface area contributed by atoms with Gasteiger partial charge >= 0.3 is 0 Å². The Bertz CT molecular complexity index is 511. The number of pyridine rings is 1. The van der Waals surface area contributed by atoms with Crippen LogP contribution in [-0.2, 0) is 13.0 Å². The molecule has 0 saturated carbocycles. The van der Waals surface area contributed by atoms with Gasteiger partial charge in [-0.1, -0.05) is 20.8 Å². The highest BCUT2D eigenvalue weighted by Crippen LogP contribution is 2.15. The molecule has 3 heteroatoms. The molecule has 0 aliphatic carbocycles. The highest BCUT2D eigenvalue weighted by Gasteiger charge is 2.09. The molecule has 0 bridgehead atoms. The molecule has 0 aromatic carbocycles. The molecule has 0 aliphatic heterocycles. The minimum Gasteiger partial charge on any atom is -0.309 e. The van der Waals surface area contributed by atoms with Gasteiger partial charge in [0.25, 0.3) is 0 Å². The van der Waals surface area contributed by atoms with Gasteiger partial charge in [0.15, 0.2) is 0 Å². The van der Waals surface area contributed by atoms with E-state index in [0.717, 1.165) is 24.5 Å². The second-order valence-electron chi connectivity index (χ2n) is 4.82. The van der Waals surface area contributed by atoms with Gasteiger partial charge in [-0.3, -0.25) is 0 Å². The van der Waals surface area contributed by atoms with Crippen molar-refractivity contribution in [1.29, 1.82) is 0 Å². The lowest BCUT2D eigenvalue weighted by Crippen LogP contribution is -2.22. The maximum atomic E-state index is 4.72. The predicted octanol–water partition coefficient (Wildman–Crippen LogP) is 2.70. The lowest BCUT2D eigenvalue weighted by atomic mass is 10.2. The van der Waals surface area contributed by atoms with Gasteiger partial charge < -0.3 is 9.72 Å². The van der Waals surface area contributed by atoms with E-state index >= 15 is 0 Å². The number of nitrogens with one attached hydrogen (secondary N) is 1. The molecule has 92 valence electrons. The smallest absolute Gasteiger partial charge is 0.113 e. The number of hydrogen-bond acceptors (Lipinski definition) is 2. The molecule has 17 heavy (non-hydrogen) atoms. The molecule has 2 rings (SSSR count). The Labute approximate surface area is 103 Å². The summed E-state index contributed by atoms with van der Waals surface area (Å²) < 4.78 is 2.20. The van der Waals surface area contributed by atoms with E-state index in [2.05, 4.69) is 55.7 Å². The molecule has 0 fully saturated rings. The number of aromatic nitrogens is 2. The number of imidazole rings is 1. The second kappa shape index (κ2) is 4.88. The monoisotopic (exact) mass is 231 g/mol. The van der Waals surface area contributed by atoms with Crippen LogP contribution in [-0.4, -0.2) is 15.4 Å². The van der Waals surface area contributed by atoms with Crippen LogP contribution in [0.4, 0.5) is 0 Å². The molecule has 0 spiro atoms. The van der Waals surface area contributed by atoms with Crippen LogP contribution in [0.3, 0.4) is 0 Å². The van der Waals surface area contributed by atoms with Crippen molar-refractivity contribution in [3.63, 3.8) is 0 Å². The summed E-state index contributed by atoms with van der Waals surface area (Å²) >= 11 is 0. The molecule has 0 aliphatic rings. The molecule has 2 aromatic rings. The summed E-state index contributed by atoms with van der Waals surface area (Å²) in [5, 5.41) is 3.43. The third-order valence-corrected chi connectivity index (χ3v) is 2.94. The van der Waals surface area contributed by atoms with Crippen LogP contribution >= 0.6 is 0 Å². The van der Waals surface area contributed by atoms with Gasteiger partial charge in [-0.05, 0) is 24.6 Å². The number of hydrogen-bond donors (Lipinski definition) is 1. The van der Waals surface area contributed by atoms with Gasteiger partial charge in [0, 0.05) is 25.2 Å². The van der Waals surface area contributed by atoms with Gasteiger partial charge in [-0.2, -0.15) is 0 Å². The summed E-state index contributed by atoms with van der Waals surface area (Å²) in [7, 11) is 0. The SMILES string of the molecule is CCc1nc(CNC(C)C)c2cc(C)ccn12. The van der Waals surface area contributed by atoms with Crippen molar-refractivity contribution in [3.05, 3.63) is 35.4 Å². The van der Waals surface area contributed by atoms with E-state index in [1.165, 1.54) is 11.1 Å². The Balaban J connectivity index is 2.43. The lowest BCUT2D eigenvalue weighted by molar-refractivity contribution is 0.584. The van der Waals surface area contributed by atoms with Crippen LogP contribution in [0.5, 0.6) is 0 Å². The van der Waals surface area contributed by atoms with Crippen LogP contribution in [0.15, 0.2) is 18.3 Å². The standard InChI is InChI=1S/C14H21N3/c1-5-14-16-12(9-15-10(2)3)13-8-11(4)6-7-17(13)14/h6-8,10,15H,5,9H2,1-4H3. The molecular weight excluding hydrogens is 210 g/mol. The molecule has 0 atom stereocenters. The zero-order valence-electron chi connectivity index (χ0n) is 11.1. The Morgan fingerprint density at radius 3 is 2.82 bits per heavy atom. The van der Waals surface area contributed by atoms with Crippen LogP contribution in [0.25, 0.3) is 5.52 Å². The average molecular weight is 231 g/mol. The van der Waals surface area contributed by atoms with Crippen molar-refractivity contribution in [3.8, 4) is 0 Å². The zero-order chi connectivity index (χ0) is 12.4. The van der Waals surface area contributed by atoms with Crippen molar-refractivity contribution < 1.29 is 0 Å². The van der Waals surface area contributed by atoms with E-state index in [0.29, 0.717) is 6.04 Å². The Kier molecular flexibility index (Phi) is 3.48. The van der Waals surface area contributed by atoms with Gasteiger partial charge in [-0.25, -0.2) is 4.98 Å². The molecule has 1 N–H and O–H groups in total. The lowest BCUT2D eigenvalue weighted by Gasteiger charge is -2.06. The first-order valence-electron chi connectivity index (χ1n) is 6.31. The van der Waals surface area contributed by atoms with Gasteiger partial charge in [0.1, 0.15) is 5.82 Å². The molecule has 2 aromatic heterocycles. The summed E-state index contributed by atoms with van der Waals surface area (Å²) in [4.78, 5) is 4.72. The summed E-state index contributed by atoms with van der Waals surface area (Å²) in [6.07, 6.45) is 3.08. The maximum Gasteiger partial charge on any atom is 0.113 e. The molecule has 2 heterocycles. The third kappa shape index (κ3) is 2.50. The number of nitrogens with zero attached hydrogens (tertiary/aromatic N) is 2. The predicted molar refractivity (Wildman–Crippen MR) is 71.3 cm³/mol. The first kappa shape index (κ1) is 12.1. The van der Waals surface area contributed by atoms with Gasteiger partial charge in [0.2, 0.25) is 0 Å².